The smallest absolute Gasteiger partial charge is 0.0412 e. The molecular weight excluding hydrogens is 264 g/mol. The van der Waals surface area contributed by atoms with Gasteiger partial charge in [0.15, 0.2) is 0 Å². The second-order valence-corrected chi connectivity index (χ2v) is 5.57. The summed E-state index contributed by atoms with van der Waals surface area (Å²) in [5, 5.41) is 3.58. The molecule has 3 N–H and O–H groups in total. The molecule has 0 saturated heterocycles. The maximum Gasteiger partial charge on any atom is 0.0412 e. The van der Waals surface area contributed by atoms with Gasteiger partial charge in [-0.3, -0.25) is 0 Å². The summed E-state index contributed by atoms with van der Waals surface area (Å²) in [5.41, 5.74) is 8.62. The molecule has 1 saturated carbocycles. The number of halogens is 1. The molecule has 3 heteroatoms. The second kappa shape index (κ2) is 5.19. The van der Waals surface area contributed by atoms with Crippen LogP contribution in [0.2, 0.25) is 0 Å². The Hall–Kier alpha value is -0.540. The molecule has 1 aromatic rings. The van der Waals surface area contributed by atoms with Crippen molar-refractivity contribution < 1.29 is 0 Å². The fourth-order valence-corrected chi connectivity index (χ4v) is 2.80. The number of nitrogens with two attached hydrogens (primary N) is 1. The Morgan fingerprint density at radius 3 is 2.75 bits per heavy atom. The van der Waals surface area contributed by atoms with Crippen molar-refractivity contribution in [1.82, 2.24) is 0 Å². The van der Waals surface area contributed by atoms with Crippen molar-refractivity contribution in [3.05, 3.63) is 28.2 Å². The standard InChI is InChI=1S/C13H19BrN2/c1-9-8-10(14)6-7-12(9)16-13-5-3-2-4-11(13)15/h6-8,11,13,16H,2-5,15H2,1H3. The van der Waals surface area contributed by atoms with Crippen molar-refractivity contribution in [3.63, 3.8) is 0 Å². The monoisotopic (exact) mass is 282 g/mol. The van der Waals surface area contributed by atoms with Crippen LogP contribution in [0.4, 0.5) is 5.69 Å². The maximum atomic E-state index is 6.14. The minimum absolute atomic E-state index is 0.303. The molecule has 0 bridgehead atoms. The summed E-state index contributed by atoms with van der Waals surface area (Å²) in [6.07, 6.45) is 4.91. The van der Waals surface area contributed by atoms with Gasteiger partial charge in [0.25, 0.3) is 0 Å². The van der Waals surface area contributed by atoms with Crippen LogP contribution in [0, 0.1) is 6.92 Å². The molecule has 0 amide bonds. The van der Waals surface area contributed by atoms with E-state index in [1.165, 1.54) is 30.5 Å². The van der Waals surface area contributed by atoms with E-state index in [1.54, 1.807) is 0 Å². The lowest BCUT2D eigenvalue weighted by Crippen LogP contribution is -2.42. The molecule has 2 nitrogen and oxygen atoms in total. The van der Waals surface area contributed by atoms with Gasteiger partial charge in [-0.25, -0.2) is 0 Å². The number of anilines is 1. The predicted molar refractivity (Wildman–Crippen MR) is 72.7 cm³/mol. The van der Waals surface area contributed by atoms with E-state index in [-0.39, 0.29) is 0 Å². The average molecular weight is 283 g/mol. The van der Waals surface area contributed by atoms with Crippen LogP contribution in [0.15, 0.2) is 22.7 Å². The fraction of sp³-hybridized carbons (Fsp3) is 0.538. The van der Waals surface area contributed by atoms with E-state index >= 15 is 0 Å². The molecule has 0 aromatic heterocycles. The van der Waals surface area contributed by atoms with E-state index in [9.17, 15) is 0 Å². The summed E-state index contributed by atoms with van der Waals surface area (Å²) in [6.45, 7) is 2.13. The van der Waals surface area contributed by atoms with Crippen LogP contribution < -0.4 is 11.1 Å². The summed E-state index contributed by atoms with van der Waals surface area (Å²) in [6, 6.07) is 7.08. The summed E-state index contributed by atoms with van der Waals surface area (Å²) in [4.78, 5) is 0. The van der Waals surface area contributed by atoms with Gasteiger partial charge in [0.2, 0.25) is 0 Å². The van der Waals surface area contributed by atoms with E-state index in [2.05, 4.69) is 46.4 Å². The molecule has 0 aliphatic heterocycles. The first kappa shape index (κ1) is 11.9. The highest BCUT2D eigenvalue weighted by atomic mass is 79.9. The van der Waals surface area contributed by atoms with E-state index in [4.69, 9.17) is 5.73 Å². The normalized spacial score (nSPS) is 25.4. The van der Waals surface area contributed by atoms with Crippen molar-refractivity contribution in [2.24, 2.45) is 5.73 Å². The number of hydrogen-bond donors (Lipinski definition) is 2. The van der Waals surface area contributed by atoms with Crippen LogP contribution in [0.5, 0.6) is 0 Å². The van der Waals surface area contributed by atoms with Crippen molar-refractivity contribution in [2.75, 3.05) is 5.32 Å². The number of aryl methyl sites for hydroxylation is 1. The molecule has 2 rings (SSSR count). The van der Waals surface area contributed by atoms with Gasteiger partial charge in [0.05, 0.1) is 0 Å². The zero-order valence-corrected chi connectivity index (χ0v) is 11.3. The Labute approximate surface area is 106 Å². The minimum atomic E-state index is 0.303. The van der Waals surface area contributed by atoms with Gasteiger partial charge >= 0.3 is 0 Å². The number of hydrogen-bond acceptors (Lipinski definition) is 2. The van der Waals surface area contributed by atoms with Gasteiger partial charge in [-0.05, 0) is 43.5 Å². The molecule has 0 radical (unpaired) electrons. The van der Waals surface area contributed by atoms with Crippen molar-refractivity contribution in [3.8, 4) is 0 Å². The lowest BCUT2D eigenvalue weighted by molar-refractivity contribution is 0.404. The first-order valence-corrected chi connectivity index (χ1v) is 6.74. The second-order valence-electron chi connectivity index (χ2n) is 4.66. The van der Waals surface area contributed by atoms with Gasteiger partial charge in [-0.15, -0.1) is 0 Å². The number of rotatable bonds is 2. The van der Waals surface area contributed by atoms with Gasteiger partial charge < -0.3 is 11.1 Å². The van der Waals surface area contributed by atoms with Gasteiger partial charge in [0.1, 0.15) is 0 Å². The van der Waals surface area contributed by atoms with Crippen molar-refractivity contribution >= 4 is 21.6 Å². The average Bonchev–Trinajstić information content (AvgIpc) is 2.25. The quantitative estimate of drug-likeness (QED) is 0.872. The van der Waals surface area contributed by atoms with Crippen LogP contribution in [0.3, 0.4) is 0 Å². The Kier molecular flexibility index (Phi) is 3.87. The summed E-state index contributed by atoms with van der Waals surface area (Å²) < 4.78 is 1.13. The Balaban J connectivity index is 2.07. The third-order valence-electron chi connectivity index (χ3n) is 3.35. The first-order chi connectivity index (χ1) is 7.66. The summed E-state index contributed by atoms with van der Waals surface area (Å²) >= 11 is 3.48. The molecule has 0 spiro atoms. The molecule has 88 valence electrons. The highest BCUT2D eigenvalue weighted by Crippen LogP contribution is 2.25. The topological polar surface area (TPSA) is 38.0 Å². The van der Waals surface area contributed by atoms with Crippen molar-refractivity contribution in [1.29, 1.82) is 0 Å². The van der Waals surface area contributed by atoms with Crippen LogP contribution in [0.25, 0.3) is 0 Å². The van der Waals surface area contributed by atoms with Crippen LogP contribution >= 0.6 is 15.9 Å². The van der Waals surface area contributed by atoms with Crippen LogP contribution in [0.1, 0.15) is 31.2 Å². The van der Waals surface area contributed by atoms with E-state index in [0.29, 0.717) is 12.1 Å². The first-order valence-electron chi connectivity index (χ1n) is 5.95. The van der Waals surface area contributed by atoms with Gasteiger partial charge in [-0.1, -0.05) is 28.8 Å². The maximum absolute atomic E-state index is 6.14. The number of benzene rings is 1. The summed E-state index contributed by atoms with van der Waals surface area (Å²) in [5.74, 6) is 0. The van der Waals surface area contributed by atoms with Crippen molar-refractivity contribution in [2.45, 2.75) is 44.7 Å². The SMILES string of the molecule is Cc1cc(Br)ccc1NC1CCCCC1N. The van der Waals surface area contributed by atoms with Gasteiger partial charge in [0, 0.05) is 22.2 Å². The molecule has 2 atom stereocenters. The Morgan fingerprint density at radius 1 is 1.31 bits per heavy atom. The molecule has 0 heterocycles. The van der Waals surface area contributed by atoms with E-state index in [0.717, 1.165) is 10.9 Å². The molecule has 2 unspecified atom stereocenters. The molecule has 1 aromatic carbocycles. The molecular formula is C13H19BrN2. The lowest BCUT2D eigenvalue weighted by Gasteiger charge is -2.30. The lowest BCUT2D eigenvalue weighted by atomic mass is 9.90. The highest BCUT2D eigenvalue weighted by Gasteiger charge is 2.21. The van der Waals surface area contributed by atoms with Crippen LogP contribution in [-0.2, 0) is 0 Å². The minimum Gasteiger partial charge on any atom is -0.381 e. The Bertz CT molecular complexity index is 365. The molecule has 1 aliphatic rings. The zero-order chi connectivity index (χ0) is 11.5. The zero-order valence-electron chi connectivity index (χ0n) is 9.67. The van der Waals surface area contributed by atoms with Crippen LogP contribution in [-0.4, -0.2) is 12.1 Å². The fourth-order valence-electron chi connectivity index (χ4n) is 2.33. The van der Waals surface area contributed by atoms with E-state index < -0.39 is 0 Å². The molecule has 16 heavy (non-hydrogen) atoms. The predicted octanol–water partition coefficient (Wildman–Crippen LogP) is 3.44. The summed E-state index contributed by atoms with van der Waals surface area (Å²) in [7, 11) is 0. The van der Waals surface area contributed by atoms with E-state index in [1.807, 2.05) is 0 Å². The Morgan fingerprint density at radius 2 is 2.06 bits per heavy atom. The largest absolute Gasteiger partial charge is 0.381 e. The third-order valence-corrected chi connectivity index (χ3v) is 3.84. The third kappa shape index (κ3) is 2.77. The molecule has 1 aliphatic carbocycles. The number of nitrogens with one attached hydrogen (secondary N) is 1. The molecule has 1 fully saturated rings. The van der Waals surface area contributed by atoms with Gasteiger partial charge in [-0.2, -0.15) is 0 Å². The highest BCUT2D eigenvalue weighted by molar-refractivity contribution is 9.10.